The normalized spacial score (nSPS) is 11.5. The predicted molar refractivity (Wildman–Crippen MR) is 153 cm³/mol. The number of hydrogen-bond donors (Lipinski definition) is 1. The molecule has 0 radical (unpaired) electrons. The van der Waals surface area contributed by atoms with Gasteiger partial charge in [-0.3, -0.25) is 9.59 Å². The maximum Gasteiger partial charge on any atom is 0.336 e. The molecule has 0 unspecified atom stereocenters. The molecule has 38 heavy (non-hydrogen) atoms. The van der Waals surface area contributed by atoms with Crippen molar-refractivity contribution in [2.45, 2.75) is 39.0 Å². The number of H-pyrrole nitrogens is 1. The number of aromatic nitrogens is 2. The topological polar surface area (TPSA) is 102 Å². The number of benzene rings is 2. The molecule has 0 aliphatic heterocycles. The number of fused-ring (bicyclic) bond motifs is 2. The molecule has 0 amide bonds. The van der Waals surface area contributed by atoms with E-state index in [0.29, 0.717) is 38.9 Å². The Morgan fingerprint density at radius 3 is 2.71 bits per heavy atom. The second-order valence-electron chi connectivity index (χ2n) is 9.31. The molecule has 0 saturated carbocycles. The van der Waals surface area contributed by atoms with E-state index in [1.807, 2.05) is 54.8 Å². The molecule has 3 aromatic heterocycles. The lowest BCUT2D eigenvalue weighted by atomic mass is 9.95. The van der Waals surface area contributed by atoms with E-state index in [9.17, 15) is 14.4 Å². The number of thiophene rings is 1. The third-order valence-corrected chi connectivity index (χ3v) is 8.05. The molecule has 1 N–H and O–H groups in total. The van der Waals surface area contributed by atoms with E-state index in [1.165, 1.54) is 29.2 Å². The first kappa shape index (κ1) is 25.9. The maximum atomic E-state index is 12.8. The molecule has 5 aromatic rings. The van der Waals surface area contributed by atoms with Crippen LogP contribution in [0.1, 0.15) is 42.3 Å². The predicted octanol–water partition coefficient (Wildman–Crippen LogP) is 6.17. The van der Waals surface area contributed by atoms with Crippen LogP contribution in [0, 0.1) is 6.92 Å². The molecule has 0 atom stereocenters. The van der Waals surface area contributed by atoms with E-state index in [4.69, 9.17) is 9.15 Å². The van der Waals surface area contributed by atoms with E-state index in [2.05, 4.69) is 23.8 Å². The van der Waals surface area contributed by atoms with Gasteiger partial charge in [-0.05, 0) is 41.7 Å². The molecule has 0 bridgehead atoms. The number of rotatable bonds is 8. The van der Waals surface area contributed by atoms with Gasteiger partial charge < -0.3 is 14.1 Å². The van der Waals surface area contributed by atoms with E-state index in [-0.39, 0.29) is 17.9 Å². The summed E-state index contributed by atoms with van der Waals surface area (Å²) in [7, 11) is 0. The molecule has 5 rings (SSSR count). The minimum Gasteiger partial charge on any atom is -0.460 e. The Balaban J connectivity index is 1.24. The van der Waals surface area contributed by atoms with E-state index < -0.39 is 11.6 Å². The van der Waals surface area contributed by atoms with Crippen molar-refractivity contribution in [1.82, 2.24) is 9.97 Å². The number of thioether (sulfide) groups is 1. The van der Waals surface area contributed by atoms with Gasteiger partial charge in [-0.1, -0.05) is 44.2 Å². The zero-order valence-corrected chi connectivity index (χ0v) is 22.8. The highest BCUT2D eigenvalue weighted by Gasteiger charge is 2.15. The van der Waals surface area contributed by atoms with E-state index in [0.717, 1.165) is 27.6 Å². The highest BCUT2D eigenvalue weighted by molar-refractivity contribution is 7.99. The molecule has 0 aliphatic rings. The van der Waals surface area contributed by atoms with Gasteiger partial charge in [-0.15, -0.1) is 23.1 Å². The van der Waals surface area contributed by atoms with Gasteiger partial charge in [-0.2, -0.15) is 0 Å². The molecule has 7 nitrogen and oxygen atoms in total. The van der Waals surface area contributed by atoms with Gasteiger partial charge in [0.15, 0.2) is 0 Å². The number of hydrogen-bond acceptors (Lipinski definition) is 8. The number of ether oxygens (including phenoxy) is 1. The fourth-order valence-corrected chi connectivity index (χ4v) is 6.10. The summed E-state index contributed by atoms with van der Waals surface area (Å²) >= 11 is 2.73. The van der Waals surface area contributed by atoms with Crippen LogP contribution in [-0.2, 0) is 21.9 Å². The molecular weight excluding hydrogens is 520 g/mol. The zero-order chi connectivity index (χ0) is 26.8. The summed E-state index contributed by atoms with van der Waals surface area (Å²) in [6.45, 7) is 6.16. The van der Waals surface area contributed by atoms with Crippen molar-refractivity contribution in [3.05, 3.63) is 97.2 Å². The van der Waals surface area contributed by atoms with Crippen LogP contribution in [0.4, 0.5) is 0 Å². The molecule has 9 heteroatoms. The Hall–Kier alpha value is -3.69. The van der Waals surface area contributed by atoms with Gasteiger partial charge in [-0.25, -0.2) is 9.78 Å². The number of nitrogens with one attached hydrogen (secondary N) is 1. The average molecular weight is 547 g/mol. The third kappa shape index (κ3) is 5.44. The third-order valence-electron chi connectivity index (χ3n) is 6.26. The standard InChI is InChI=1S/C29H26N2O5S2/c1-16(2)20-11-21-19(10-25(32)36-23(21)9-17(20)3)12-35-26(33)15-37-14-24-30-28(34)27-22(13-38-29(27)31-24)18-7-5-4-6-8-18/h4-11,13,16H,12,14-15H2,1-3H3,(H,30,31,34). The van der Waals surface area contributed by atoms with Gasteiger partial charge >= 0.3 is 11.6 Å². The van der Waals surface area contributed by atoms with Crippen molar-refractivity contribution in [2.75, 3.05) is 5.75 Å². The molecular formula is C29H26N2O5S2. The Bertz CT molecular complexity index is 1750. The van der Waals surface area contributed by atoms with Gasteiger partial charge in [0.1, 0.15) is 22.8 Å². The molecule has 0 spiro atoms. The van der Waals surface area contributed by atoms with Crippen molar-refractivity contribution in [3.8, 4) is 11.1 Å². The summed E-state index contributed by atoms with van der Waals surface area (Å²) in [5, 5.41) is 3.28. The van der Waals surface area contributed by atoms with E-state index in [1.54, 1.807) is 0 Å². The van der Waals surface area contributed by atoms with Crippen LogP contribution in [0.3, 0.4) is 0 Å². The number of carbonyl (C=O) groups is 1. The summed E-state index contributed by atoms with van der Waals surface area (Å²) < 4.78 is 10.8. The van der Waals surface area contributed by atoms with Gasteiger partial charge in [0, 0.05) is 28.0 Å². The summed E-state index contributed by atoms with van der Waals surface area (Å²) in [4.78, 5) is 45.4. The highest BCUT2D eigenvalue weighted by Crippen LogP contribution is 2.31. The lowest BCUT2D eigenvalue weighted by Gasteiger charge is -2.13. The first-order valence-corrected chi connectivity index (χ1v) is 14.2. The minimum absolute atomic E-state index is 0.0272. The Morgan fingerprint density at radius 1 is 1.16 bits per heavy atom. The van der Waals surface area contributed by atoms with Crippen LogP contribution in [0.15, 0.2) is 67.9 Å². The maximum absolute atomic E-state index is 12.8. The highest BCUT2D eigenvalue weighted by atomic mass is 32.2. The van der Waals surface area contributed by atoms with Gasteiger partial charge in [0.25, 0.3) is 5.56 Å². The largest absolute Gasteiger partial charge is 0.460 e. The summed E-state index contributed by atoms with van der Waals surface area (Å²) in [5.74, 6) is 0.824. The second kappa shape index (κ2) is 11.0. The van der Waals surface area contributed by atoms with Crippen molar-refractivity contribution in [2.24, 2.45) is 0 Å². The Labute approximate surface area is 226 Å². The number of aryl methyl sites for hydroxylation is 1. The molecule has 0 aliphatic carbocycles. The fraction of sp³-hybridized carbons (Fsp3) is 0.241. The van der Waals surface area contributed by atoms with Crippen LogP contribution in [-0.4, -0.2) is 21.7 Å². The van der Waals surface area contributed by atoms with Gasteiger partial charge in [0.2, 0.25) is 0 Å². The van der Waals surface area contributed by atoms with Gasteiger partial charge in [0.05, 0.1) is 16.9 Å². The first-order valence-electron chi connectivity index (χ1n) is 12.2. The van der Waals surface area contributed by atoms with Crippen molar-refractivity contribution in [1.29, 1.82) is 0 Å². The van der Waals surface area contributed by atoms with Crippen molar-refractivity contribution in [3.63, 3.8) is 0 Å². The van der Waals surface area contributed by atoms with Crippen molar-refractivity contribution < 1.29 is 13.9 Å². The lowest BCUT2D eigenvalue weighted by molar-refractivity contribution is -0.141. The van der Waals surface area contributed by atoms with Crippen molar-refractivity contribution >= 4 is 50.3 Å². The summed E-state index contributed by atoms with van der Waals surface area (Å²) in [5.41, 5.74) is 4.44. The van der Waals surface area contributed by atoms with Crippen LogP contribution < -0.4 is 11.2 Å². The Morgan fingerprint density at radius 2 is 1.95 bits per heavy atom. The molecule has 194 valence electrons. The summed E-state index contributed by atoms with van der Waals surface area (Å²) in [6, 6.07) is 15.0. The number of nitrogens with zero attached hydrogens (tertiary/aromatic N) is 1. The van der Waals surface area contributed by atoms with Crippen LogP contribution in [0.5, 0.6) is 0 Å². The summed E-state index contributed by atoms with van der Waals surface area (Å²) in [6.07, 6.45) is 0. The van der Waals surface area contributed by atoms with E-state index >= 15 is 0 Å². The first-order chi connectivity index (χ1) is 18.3. The lowest BCUT2D eigenvalue weighted by Crippen LogP contribution is -2.12. The SMILES string of the molecule is Cc1cc2oc(=O)cc(COC(=O)CSCc3nc4scc(-c5ccccc5)c4c(=O)[nH]3)c2cc1C(C)C. The molecule has 2 aromatic carbocycles. The van der Waals surface area contributed by atoms with Crippen LogP contribution in [0.25, 0.3) is 32.3 Å². The second-order valence-corrected chi connectivity index (χ2v) is 11.2. The van der Waals surface area contributed by atoms with Crippen LogP contribution >= 0.6 is 23.1 Å². The zero-order valence-electron chi connectivity index (χ0n) is 21.2. The van der Waals surface area contributed by atoms with Crippen LogP contribution in [0.2, 0.25) is 0 Å². The number of aromatic amines is 1. The molecule has 0 saturated heterocycles. The molecule has 3 heterocycles. The minimum atomic E-state index is -0.482. The smallest absolute Gasteiger partial charge is 0.336 e. The number of carbonyl (C=O) groups excluding carboxylic acids is 1. The average Bonchev–Trinajstić information content (AvgIpc) is 3.32. The fourth-order valence-electron chi connectivity index (χ4n) is 4.46. The quantitative estimate of drug-likeness (QED) is 0.183. The monoisotopic (exact) mass is 546 g/mol. The molecule has 0 fully saturated rings. The number of esters is 1. The Kier molecular flexibility index (Phi) is 7.49.